The van der Waals surface area contributed by atoms with E-state index in [9.17, 15) is 4.39 Å². The van der Waals surface area contributed by atoms with E-state index in [-0.39, 0.29) is 11.9 Å². The first-order valence-electron chi connectivity index (χ1n) is 7.71. The van der Waals surface area contributed by atoms with E-state index in [1.165, 1.54) is 9.75 Å². The van der Waals surface area contributed by atoms with Crippen LogP contribution in [0.15, 0.2) is 30.3 Å². The summed E-state index contributed by atoms with van der Waals surface area (Å²) in [5, 5.41) is 3.50. The van der Waals surface area contributed by atoms with E-state index < -0.39 is 0 Å². The zero-order valence-corrected chi connectivity index (χ0v) is 13.9. The van der Waals surface area contributed by atoms with E-state index in [4.69, 9.17) is 0 Å². The number of benzene rings is 1. The van der Waals surface area contributed by atoms with Crippen LogP contribution in [0.4, 0.5) is 4.39 Å². The van der Waals surface area contributed by atoms with Crippen molar-refractivity contribution in [3.05, 3.63) is 57.0 Å². The third-order valence-electron chi connectivity index (χ3n) is 3.71. The summed E-state index contributed by atoms with van der Waals surface area (Å²) in [6, 6.07) is 10.1. The van der Waals surface area contributed by atoms with Gasteiger partial charge in [0, 0.05) is 27.8 Å². The highest BCUT2D eigenvalue weighted by atomic mass is 32.1. The first kappa shape index (κ1) is 16.2. The van der Waals surface area contributed by atoms with Gasteiger partial charge in [0.25, 0.3) is 0 Å². The maximum Gasteiger partial charge on any atom is 0.130 e. The van der Waals surface area contributed by atoms with E-state index in [2.05, 4.69) is 31.3 Å². The lowest BCUT2D eigenvalue weighted by Crippen LogP contribution is -2.25. The Morgan fingerprint density at radius 3 is 2.57 bits per heavy atom. The van der Waals surface area contributed by atoms with Crippen LogP contribution in [0, 0.1) is 12.7 Å². The van der Waals surface area contributed by atoms with Crippen molar-refractivity contribution < 1.29 is 4.39 Å². The molecule has 0 aliphatic carbocycles. The van der Waals surface area contributed by atoms with Crippen molar-refractivity contribution in [2.45, 2.75) is 46.1 Å². The Kier molecular flexibility index (Phi) is 5.95. The molecule has 0 amide bonds. The van der Waals surface area contributed by atoms with Crippen LogP contribution in [0.2, 0.25) is 0 Å². The van der Waals surface area contributed by atoms with Crippen LogP contribution in [-0.4, -0.2) is 6.54 Å². The first-order valence-corrected chi connectivity index (χ1v) is 8.53. The van der Waals surface area contributed by atoms with E-state index in [1.807, 2.05) is 36.5 Å². The van der Waals surface area contributed by atoms with Crippen molar-refractivity contribution in [2.75, 3.05) is 6.54 Å². The average molecular weight is 305 g/mol. The monoisotopic (exact) mass is 305 g/mol. The fraction of sp³-hybridized carbons (Fsp3) is 0.444. The second kappa shape index (κ2) is 7.71. The number of rotatable bonds is 7. The number of aryl methyl sites for hydroxylation is 2. The lowest BCUT2D eigenvalue weighted by molar-refractivity contribution is 0.497. The van der Waals surface area contributed by atoms with Gasteiger partial charge >= 0.3 is 0 Å². The second-order valence-electron chi connectivity index (χ2n) is 5.41. The van der Waals surface area contributed by atoms with Crippen molar-refractivity contribution in [3.63, 3.8) is 0 Å². The molecule has 3 heteroatoms. The number of halogens is 1. The minimum absolute atomic E-state index is 0.0493. The van der Waals surface area contributed by atoms with Gasteiger partial charge in [-0.25, -0.2) is 4.39 Å². The molecule has 114 valence electrons. The summed E-state index contributed by atoms with van der Waals surface area (Å²) in [4.78, 5) is 2.71. The normalized spacial score (nSPS) is 12.6. The van der Waals surface area contributed by atoms with Gasteiger partial charge in [0.05, 0.1) is 0 Å². The Balaban J connectivity index is 2.23. The fourth-order valence-corrected chi connectivity index (χ4v) is 3.48. The highest BCUT2D eigenvalue weighted by Gasteiger charge is 2.17. The topological polar surface area (TPSA) is 12.0 Å². The van der Waals surface area contributed by atoms with Crippen molar-refractivity contribution in [3.8, 4) is 0 Å². The van der Waals surface area contributed by atoms with Gasteiger partial charge in [-0.05, 0) is 44.0 Å². The summed E-state index contributed by atoms with van der Waals surface area (Å²) >= 11 is 1.84. The number of hydrogen-bond donors (Lipinski definition) is 1. The van der Waals surface area contributed by atoms with Gasteiger partial charge in [0.2, 0.25) is 0 Å². The largest absolute Gasteiger partial charge is 0.310 e. The number of nitrogens with one attached hydrogen (secondary N) is 1. The molecule has 2 aromatic rings. The molecule has 1 atom stereocenters. The van der Waals surface area contributed by atoms with Gasteiger partial charge in [0.15, 0.2) is 0 Å². The molecule has 2 rings (SSSR count). The molecule has 0 spiro atoms. The van der Waals surface area contributed by atoms with Gasteiger partial charge in [-0.3, -0.25) is 0 Å². The minimum Gasteiger partial charge on any atom is -0.310 e. The quantitative estimate of drug-likeness (QED) is 0.755. The molecular formula is C18H24FNS. The Morgan fingerprint density at radius 2 is 1.90 bits per heavy atom. The molecule has 1 aromatic carbocycles. The Hall–Kier alpha value is -1.19. The molecule has 1 heterocycles. The fourth-order valence-electron chi connectivity index (χ4n) is 2.47. The molecule has 0 saturated heterocycles. The van der Waals surface area contributed by atoms with Crippen LogP contribution in [0.1, 0.15) is 47.2 Å². The van der Waals surface area contributed by atoms with Crippen LogP contribution in [0.5, 0.6) is 0 Å². The lowest BCUT2D eigenvalue weighted by Gasteiger charge is -2.20. The molecule has 1 aromatic heterocycles. The molecule has 0 bridgehead atoms. The smallest absolute Gasteiger partial charge is 0.130 e. The van der Waals surface area contributed by atoms with Crippen LogP contribution in [0.25, 0.3) is 0 Å². The van der Waals surface area contributed by atoms with E-state index in [0.717, 1.165) is 36.9 Å². The Morgan fingerprint density at radius 1 is 1.14 bits per heavy atom. The van der Waals surface area contributed by atoms with Gasteiger partial charge in [-0.15, -0.1) is 11.3 Å². The first-order chi connectivity index (χ1) is 10.2. The molecule has 0 aliphatic rings. The zero-order chi connectivity index (χ0) is 15.2. The van der Waals surface area contributed by atoms with Crippen molar-refractivity contribution in [1.82, 2.24) is 5.32 Å². The highest BCUT2D eigenvalue weighted by Crippen LogP contribution is 2.27. The highest BCUT2D eigenvalue weighted by molar-refractivity contribution is 7.11. The third kappa shape index (κ3) is 4.14. The summed E-state index contributed by atoms with van der Waals surface area (Å²) in [5.41, 5.74) is 1.51. The van der Waals surface area contributed by atoms with Gasteiger partial charge < -0.3 is 5.32 Å². The molecule has 0 aliphatic heterocycles. The predicted molar refractivity (Wildman–Crippen MR) is 89.6 cm³/mol. The predicted octanol–water partition coefficient (Wildman–Crippen LogP) is 5.04. The lowest BCUT2D eigenvalue weighted by atomic mass is 10.00. The Labute approximate surface area is 131 Å². The molecule has 0 radical (unpaired) electrons. The average Bonchev–Trinajstić information content (AvgIpc) is 2.94. The number of thiophene rings is 1. The molecule has 0 saturated carbocycles. The van der Waals surface area contributed by atoms with E-state index >= 15 is 0 Å². The third-order valence-corrected chi connectivity index (χ3v) is 4.96. The SMILES string of the molecule is CCCNC(Cc1ccc(CC)s1)c1cccc(C)c1F. The molecule has 1 N–H and O–H groups in total. The zero-order valence-electron chi connectivity index (χ0n) is 13.1. The maximum absolute atomic E-state index is 14.4. The van der Waals surface area contributed by atoms with Gasteiger partial charge in [0.1, 0.15) is 5.82 Å². The van der Waals surface area contributed by atoms with Crippen LogP contribution in [-0.2, 0) is 12.8 Å². The molecule has 1 unspecified atom stereocenters. The molecule has 21 heavy (non-hydrogen) atoms. The minimum atomic E-state index is -0.0709. The van der Waals surface area contributed by atoms with Crippen molar-refractivity contribution >= 4 is 11.3 Å². The summed E-state index contributed by atoms with van der Waals surface area (Å²) in [7, 11) is 0. The Bertz CT molecular complexity index is 576. The van der Waals surface area contributed by atoms with Gasteiger partial charge in [-0.2, -0.15) is 0 Å². The van der Waals surface area contributed by atoms with Crippen LogP contribution in [0.3, 0.4) is 0 Å². The van der Waals surface area contributed by atoms with Crippen molar-refractivity contribution in [2.24, 2.45) is 0 Å². The van der Waals surface area contributed by atoms with Crippen LogP contribution >= 0.6 is 11.3 Å². The summed E-state index contributed by atoms with van der Waals surface area (Å²) in [5.74, 6) is -0.0709. The molecular weight excluding hydrogens is 281 g/mol. The van der Waals surface area contributed by atoms with Gasteiger partial charge in [-0.1, -0.05) is 32.0 Å². The van der Waals surface area contributed by atoms with Crippen molar-refractivity contribution in [1.29, 1.82) is 0 Å². The molecule has 1 nitrogen and oxygen atoms in total. The molecule has 0 fully saturated rings. The standard InChI is InChI=1S/C18H24FNS/c1-4-11-20-17(12-15-10-9-14(5-2)21-15)16-8-6-7-13(3)18(16)19/h6-10,17,20H,4-5,11-12H2,1-3H3. The summed E-state index contributed by atoms with van der Waals surface area (Å²) in [6.45, 7) is 7.04. The second-order valence-corrected chi connectivity index (χ2v) is 6.66. The van der Waals surface area contributed by atoms with E-state index in [1.54, 1.807) is 0 Å². The summed E-state index contributed by atoms with van der Waals surface area (Å²) < 4.78 is 14.4. The maximum atomic E-state index is 14.4. The van der Waals surface area contributed by atoms with Crippen LogP contribution < -0.4 is 5.32 Å². The summed E-state index contributed by atoms with van der Waals surface area (Å²) in [6.07, 6.45) is 2.97. The number of hydrogen-bond acceptors (Lipinski definition) is 2. The van der Waals surface area contributed by atoms with E-state index in [0.29, 0.717) is 0 Å².